The fraction of sp³-hybridized carbons (Fsp3) is 0.179. The second kappa shape index (κ2) is 12.0. The molecule has 0 spiro atoms. The van der Waals surface area contributed by atoms with Gasteiger partial charge in [0.15, 0.2) is 0 Å². The number of rotatable bonds is 8. The molecule has 1 aliphatic heterocycles. The number of carbonyl (C=O) groups excluding carboxylic acids is 3. The lowest BCUT2D eigenvalue weighted by Crippen LogP contribution is -2.60. The van der Waals surface area contributed by atoms with Crippen LogP contribution in [0.15, 0.2) is 90.6 Å². The summed E-state index contributed by atoms with van der Waals surface area (Å²) in [5.41, 5.74) is 2.95. The van der Waals surface area contributed by atoms with Gasteiger partial charge in [-0.25, -0.2) is 0 Å². The number of carbonyl (C=O) groups is 3. The molecule has 2 heterocycles. The van der Waals surface area contributed by atoms with Crippen molar-refractivity contribution in [2.24, 2.45) is 0 Å². The van der Waals surface area contributed by atoms with Crippen molar-refractivity contribution in [2.45, 2.75) is 12.5 Å². The van der Waals surface area contributed by atoms with Crippen molar-refractivity contribution in [3.63, 3.8) is 0 Å². The molecule has 0 saturated carbocycles. The summed E-state index contributed by atoms with van der Waals surface area (Å²) in [6.45, 7) is -0.636. The molecule has 0 bridgehead atoms. The van der Waals surface area contributed by atoms with Gasteiger partial charge in [-0.2, -0.15) is 4.68 Å². The second-order valence-electron chi connectivity index (χ2n) is 9.32. The van der Waals surface area contributed by atoms with Gasteiger partial charge in [-0.15, -0.1) is 5.10 Å². The molecule has 12 nitrogen and oxygen atoms in total. The van der Waals surface area contributed by atoms with Crippen molar-refractivity contribution in [2.75, 3.05) is 25.0 Å². The van der Waals surface area contributed by atoms with E-state index in [-0.39, 0.29) is 25.2 Å². The maximum absolute atomic E-state index is 13.6. The number of hydrogen-bond donors (Lipinski definition) is 3. The summed E-state index contributed by atoms with van der Waals surface area (Å²) < 4.78 is 1.38. The Labute approximate surface area is 240 Å². The van der Waals surface area contributed by atoms with Gasteiger partial charge in [0.1, 0.15) is 25.5 Å². The van der Waals surface area contributed by atoms with Crippen LogP contribution >= 0.6 is 11.6 Å². The van der Waals surface area contributed by atoms with Crippen molar-refractivity contribution in [1.29, 1.82) is 5.41 Å². The first-order chi connectivity index (χ1) is 19.8. The van der Waals surface area contributed by atoms with Crippen LogP contribution in [0.5, 0.6) is 0 Å². The topological polar surface area (TPSA) is 149 Å². The molecule has 41 heavy (non-hydrogen) atoms. The van der Waals surface area contributed by atoms with E-state index in [1.807, 2.05) is 30.3 Å². The average molecular weight is 572 g/mol. The number of piperazine rings is 1. The third-order valence-electron chi connectivity index (χ3n) is 6.62. The highest BCUT2D eigenvalue weighted by Crippen LogP contribution is 2.30. The van der Waals surface area contributed by atoms with E-state index in [0.29, 0.717) is 27.7 Å². The Bertz CT molecular complexity index is 1580. The lowest BCUT2D eigenvalue weighted by atomic mass is 10.0. The van der Waals surface area contributed by atoms with Crippen molar-refractivity contribution in [3.8, 4) is 5.69 Å². The zero-order valence-electron chi connectivity index (χ0n) is 22.0. The van der Waals surface area contributed by atoms with E-state index in [2.05, 4.69) is 26.2 Å². The van der Waals surface area contributed by atoms with Crippen LogP contribution in [-0.2, 0) is 20.8 Å². The Morgan fingerprint density at radius 3 is 2.61 bits per heavy atom. The molecule has 0 radical (unpaired) electrons. The number of nitrogens with zero attached hydrogens (tertiary/aromatic N) is 6. The monoisotopic (exact) mass is 571 g/mol. The first-order valence-electron chi connectivity index (χ1n) is 12.7. The molecule has 1 atom stereocenters. The molecule has 1 fully saturated rings. The molecular formula is C28H26ClN9O3. The highest BCUT2D eigenvalue weighted by Gasteiger charge is 2.39. The summed E-state index contributed by atoms with van der Waals surface area (Å²) in [7, 11) is 1.74. The van der Waals surface area contributed by atoms with Gasteiger partial charge in [0.05, 0.1) is 17.1 Å². The fourth-order valence-electron chi connectivity index (χ4n) is 4.64. The van der Waals surface area contributed by atoms with Crippen LogP contribution in [0.1, 0.15) is 5.56 Å². The van der Waals surface area contributed by atoms with Crippen LogP contribution in [0.2, 0.25) is 5.02 Å². The predicted octanol–water partition coefficient (Wildman–Crippen LogP) is 1.80. The SMILES string of the molecule is CN/C=C1/C=CC(NC(=O)C(Cc2ccccc2)N2CC(=O)N(c3cc(Cl)ccc3-n3cnnn3)CC2=O)=CC1=N. The first kappa shape index (κ1) is 27.5. The summed E-state index contributed by atoms with van der Waals surface area (Å²) in [4.78, 5) is 43.4. The molecule has 1 aromatic heterocycles. The Hall–Kier alpha value is -5.10. The van der Waals surface area contributed by atoms with Gasteiger partial charge in [-0.3, -0.25) is 19.3 Å². The number of benzene rings is 2. The van der Waals surface area contributed by atoms with E-state index in [9.17, 15) is 14.4 Å². The maximum Gasteiger partial charge on any atom is 0.247 e. The lowest BCUT2D eigenvalue weighted by molar-refractivity contribution is -0.145. The molecule has 3 N–H and O–H groups in total. The number of allylic oxidation sites excluding steroid dienone is 4. The van der Waals surface area contributed by atoms with Gasteiger partial charge in [0.2, 0.25) is 17.7 Å². The molecule has 3 amide bonds. The Kier molecular flexibility index (Phi) is 8.01. The zero-order valence-corrected chi connectivity index (χ0v) is 22.7. The van der Waals surface area contributed by atoms with E-state index in [1.54, 1.807) is 43.6 Å². The average Bonchev–Trinajstić information content (AvgIpc) is 3.50. The lowest BCUT2D eigenvalue weighted by Gasteiger charge is -2.38. The number of hydrogen-bond acceptors (Lipinski definition) is 8. The summed E-state index contributed by atoms with van der Waals surface area (Å²) >= 11 is 6.24. The number of amides is 3. The van der Waals surface area contributed by atoms with Crippen LogP contribution in [0, 0.1) is 5.41 Å². The Morgan fingerprint density at radius 2 is 1.90 bits per heavy atom. The van der Waals surface area contributed by atoms with Gasteiger partial charge in [0, 0.05) is 36.0 Å². The second-order valence-corrected chi connectivity index (χ2v) is 9.76. The Balaban J connectivity index is 1.41. The minimum atomic E-state index is -0.980. The molecule has 208 valence electrons. The third-order valence-corrected chi connectivity index (χ3v) is 6.85. The fourth-order valence-corrected chi connectivity index (χ4v) is 4.80. The molecule has 5 rings (SSSR count). The number of tetrazole rings is 1. The summed E-state index contributed by atoms with van der Waals surface area (Å²) in [5, 5.41) is 25.5. The van der Waals surface area contributed by atoms with Gasteiger partial charge < -0.3 is 20.9 Å². The van der Waals surface area contributed by atoms with Crippen LogP contribution in [0.4, 0.5) is 5.69 Å². The molecule has 1 unspecified atom stereocenters. The van der Waals surface area contributed by atoms with E-state index in [0.717, 1.165) is 5.56 Å². The number of aromatic nitrogens is 4. The third kappa shape index (κ3) is 6.07. The van der Waals surface area contributed by atoms with E-state index >= 15 is 0 Å². The predicted molar refractivity (Wildman–Crippen MR) is 152 cm³/mol. The highest BCUT2D eigenvalue weighted by atomic mass is 35.5. The summed E-state index contributed by atoms with van der Waals surface area (Å²) in [5.74, 6) is -1.28. The largest absolute Gasteiger partial charge is 0.393 e. The van der Waals surface area contributed by atoms with E-state index in [1.165, 1.54) is 26.9 Å². The van der Waals surface area contributed by atoms with E-state index in [4.69, 9.17) is 17.0 Å². The number of anilines is 1. The van der Waals surface area contributed by atoms with Crippen LogP contribution in [0.25, 0.3) is 5.69 Å². The minimum Gasteiger partial charge on any atom is -0.393 e. The van der Waals surface area contributed by atoms with Crippen molar-refractivity contribution in [3.05, 3.63) is 101 Å². The normalized spacial score (nSPS) is 17.1. The van der Waals surface area contributed by atoms with Crippen LogP contribution < -0.4 is 15.5 Å². The molecule has 3 aromatic rings. The first-order valence-corrected chi connectivity index (χ1v) is 13.1. The van der Waals surface area contributed by atoms with Crippen molar-refractivity contribution in [1.82, 2.24) is 35.7 Å². The van der Waals surface area contributed by atoms with Gasteiger partial charge in [-0.1, -0.05) is 41.9 Å². The molecular weight excluding hydrogens is 546 g/mol. The van der Waals surface area contributed by atoms with E-state index < -0.39 is 23.8 Å². The zero-order chi connectivity index (χ0) is 28.9. The van der Waals surface area contributed by atoms with Gasteiger partial charge in [-0.05, 0) is 52.4 Å². The summed E-state index contributed by atoms with van der Waals surface area (Å²) in [6.07, 6.45) is 8.18. The molecule has 13 heteroatoms. The number of nitrogens with one attached hydrogen (secondary N) is 3. The molecule has 1 aliphatic carbocycles. The highest BCUT2D eigenvalue weighted by molar-refractivity contribution is 6.31. The van der Waals surface area contributed by atoms with Crippen molar-refractivity contribution >= 4 is 40.7 Å². The van der Waals surface area contributed by atoms with Crippen LogP contribution in [-0.4, -0.2) is 74.7 Å². The van der Waals surface area contributed by atoms with Crippen molar-refractivity contribution < 1.29 is 14.4 Å². The minimum absolute atomic E-state index is 0.193. The molecule has 2 aliphatic rings. The van der Waals surface area contributed by atoms with Crippen LogP contribution in [0.3, 0.4) is 0 Å². The molecule has 1 saturated heterocycles. The smallest absolute Gasteiger partial charge is 0.247 e. The van der Waals surface area contributed by atoms with Gasteiger partial charge >= 0.3 is 0 Å². The number of halogens is 1. The standard InChI is InChI=1S/C28H26ClN9O3/c1-31-14-19-7-9-21(13-22(19)30)33-28(41)25(11-18-5-3-2-4-6-18)37-16-26(39)36(15-27(37)40)24-12-20(29)8-10-23(24)38-17-32-34-35-38/h2-10,12-14,17,25,30-31H,11,15-16H2,1H3,(H,33,41)/b19-14-,30-22?. The molecule has 2 aromatic carbocycles. The Morgan fingerprint density at radius 1 is 1.10 bits per heavy atom. The summed E-state index contributed by atoms with van der Waals surface area (Å²) in [6, 6.07) is 13.2. The maximum atomic E-state index is 13.6. The quantitative estimate of drug-likeness (QED) is 0.373. The van der Waals surface area contributed by atoms with Gasteiger partial charge in [0.25, 0.3) is 0 Å².